The molecule has 0 saturated carbocycles. The Labute approximate surface area is 129 Å². The summed E-state index contributed by atoms with van der Waals surface area (Å²) in [7, 11) is 0. The van der Waals surface area contributed by atoms with Crippen molar-refractivity contribution in [3.63, 3.8) is 0 Å². The van der Waals surface area contributed by atoms with Crippen LogP contribution in [0.4, 0.5) is 0 Å². The lowest BCUT2D eigenvalue weighted by molar-refractivity contribution is 0.0950. The van der Waals surface area contributed by atoms with E-state index in [1.165, 1.54) is 0 Å². The highest BCUT2D eigenvalue weighted by atomic mass is 35.5. The van der Waals surface area contributed by atoms with Gasteiger partial charge in [0, 0.05) is 30.2 Å². The number of rotatable bonds is 5. The number of carbonyl (C=O) groups excluding carboxylic acids is 1. The topological polar surface area (TPSA) is 54.9 Å². The normalized spacial score (nSPS) is 10.4. The fourth-order valence-corrected chi connectivity index (χ4v) is 2.27. The molecule has 4 nitrogen and oxygen atoms in total. The van der Waals surface area contributed by atoms with Gasteiger partial charge in [-0.05, 0) is 42.7 Å². The van der Waals surface area contributed by atoms with E-state index < -0.39 is 0 Å². The van der Waals surface area contributed by atoms with Gasteiger partial charge in [-0.2, -0.15) is 0 Å². The third-order valence-corrected chi connectivity index (χ3v) is 3.38. The average Bonchev–Trinajstić information content (AvgIpc) is 2.46. The monoisotopic (exact) mass is 303 g/mol. The zero-order chi connectivity index (χ0) is 15.2. The molecule has 21 heavy (non-hydrogen) atoms. The van der Waals surface area contributed by atoms with Crippen LogP contribution >= 0.6 is 11.6 Å². The third-order valence-electron chi connectivity index (χ3n) is 3.19. The van der Waals surface area contributed by atoms with Gasteiger partial charge in [-0.1, -0.05) is 24.9 Å². The molecule has 0 saturated heterocycles. The molecule has 0 atom stereocenters. The number of hydrogen-bond acceptors (Lipinski definition) is 3. The molecule has 1 N–H and O–H groups in total. The fraction of sp³-hybridized carbons (Fsp3) is 0.312. The Kier molecular flexibility index (Phi) is 5.28. The Balaban J connectivity index is 2.08. The van der Waals surface area contributed by atoms with Gasteiger partial charge in [0.1, 0.15) is 5.15 Å². The summed E-state index contributed by atoms with van der Waals surface area (Å²) >= 11 is 5.97. The van der Waals surface area contributed by atoms with Gasteiger partial charge in [0.05, 0.1) is 0 Å². The number of hydrogen-bond donors (Lipinski definition) is 1. The lowest BCUT2D eigenvalue weighted by Gasteiger charge is -2.09. The van der Waals surface area contributed by atoms with Crippen LogP contribution in [0.1, 0.15) is 40.5 Å². The predicted molar refractivity (Wildman–Crippen MR) is 83.4 cm³/mol. The van der Waals surface area contributed by atoms with E-state index in [0.29, 0.717) is 17.3 Å². The second kappa shape index (κ2) is 7.18. The van der Waals surface area contributed by atoms with Crippen molar-refractivity contribution >= 4 is 17.5 Å². The Morgan fingerprint density at radius 3 is 2.90 bits per heavy atom. The Morgan fingerprint density at radius 2 is 2.19 bits per heavy atom. The van der Waals surface area contributed by atoms with Crippen molar-refractivity contribution in [1.29, 1.82) is 0 Å². The molecule has 0 fully saturated rings. The van der Waals surface area contributed by atoms with E-state index in [1.54, 1.807) is 24.5 Å². The molecule has 0 aliphatic heterocycles. The Morgan fingerprint density at radius 1 is 1.38 bits per heavy atom. The summed E-state index contributed by atoms with van der Waals surface area (Å²) < 4.78 is 0. The smallest absolute Gasteiger partial charge is 0.251 e. The van der Waals surface area contributed by atoms with E-state index >= 15 is 0 Å². The van der Waals surface area contributed by atoms with Gasteiger partial charge in [0.25, 0.3) is 5.91 Å². The molecule has 0 bridgehead atoms. The first kappa shape index (κ1) is 15.4. The second-order valence-electron chi connectivity index (χ2n) is 4.90. The molecule has 2 aromatic rings. The number of halogens is 1. The van der Waals surface area contributed by atoms with Crippen LogP contribution in [0.15, 0.2) is 30.6 Å². The van der Waals surface area contributed by atoms with Crippen LogP contribution in [-0.2, 0) is 13.0 Å². The summed E-state index contributed by atoms with van der Waals surface area (Å²) in [5.74, 6) is -0.145. The first-order valence-electron chi connectivity index (χ1n) is 6.94. The first-order valence-corrected chi connectivity index (χ1v) is 7.32. The van der Waals surface area contributed by atoms with Gasteiger partial charge in [-0.25, -0.2) is 4.98 Å². The third kappa shape index (κ3) is 4.26. The van der Waals surface area contributed by atoms with E-state index in [0.717, 1.165) is 29.7 Å². The number of nitrogens with one attached hydrogen (secondary N) is 1. The molecule has 2 aromatic heterocycles. The number of aromatic nitrogens is 2. The lowest BCUT2D eigenvalue weighted by atomic mass is 10.1. The molecule has 1 amide bonds. The van der Waals surface area contributed by atoms with E-state index in [4.69, 9.17) is 11.6 Å². The van der Waals surface area contributed by atoms with Gasteiger partial charge < -0.3 is 5.32 Å². The molecule has 0 aliphatic rings. The van der Waals surface area contributed by atoms with E-state index in [9.17, 15) is 4.79 Å². The van der Waals surface area contributed by atoms with E-state index in [2.05, 4.69) is 22.2 Å². The summed E-state index contributed by atoms with van der Waals surface area (Å²) in [5.41, 5.74) is 3.49. The van der Waals surface area contributed by atoms with Crippen LogP contribution in [0, 0.1) is 6.92 Å². The van der Waals surface area contributed by atoms with Gasteiger partial charge in [-0.3, -0.25) is 9.78 Å². The zero-order valence-electron chi connectivity index (χ0n) is 12.2. The minimum absolute atomic E-state index is 0.145. The molecule has 0 spiro atoms. The number of pyridine rings is 2. The minimum atomic E-state index is -0.145. The molecule has 0 radical (unpaired) electrons. The number of carbonyl (C=O) groups is 1. The number of nitrogens with zero attached hydrogens (tertiary/aromatic N) is 2. The van der Waals surface area contributed by atoms with Gasteiger partial charge in [0.2, 0.25) is 0 Å². The molecule has 2 heterocycles. The summed E-state index contributed by atoms with van der Waals surface area (Å²) in [6.45, 7) is 4.50. The Bertz CT molecular complexity index is 643. The molecule has 110 valence electrons. The van der Waals surface area contributed by atoms with E-state index in [-0.39, 0.29) is 5.91 Å². The molecular formula is C16H18ClN3O. The van der Waals surface area contributed by atoms with Crippen molar-refractivity contribution < 1.29 is 4.79 Å². The summed E-state index contributed by atoms with van der Waals surface area (Å²) in [5, 5.41) is 3.25. The van der Waals surface area contributed by atoms with Gasteiger partial charge in [0.15, 0.2) is 0 Å². The van der Waals surface area contributed by atoms with Crippen LogP contribution < -0.4 is 5.32 Å². The van der Waals surface area contributed by atoms with Crippen molar-refractivity contribution in [2.75, 3.05) is 0 Å². The molecule has 2 rings (SSSR count). The van der Waals surface area contributed by atoms with Crippen molar-refractivity contribution in [1.82, 2.24) is 15.3 Å². The predicted octanol–water partition coefficient (Wildman–Crippen LogP) is 3.32. The maximum absolute atomic E-state index is 12.2. The second-order valence-corrected chi connectivity index (χ2v) is 5.29. The SMILES string of the molecule is CCCc1cc(C(=O)NCc2ccncc2C)cc(Cl)n1. The van der Waals surface area contributed by atoms with Crippen molar-refractivity contribution in [3.8, 4) is 0 Å². The number of aryl methyl sites for hydroxylation is 2. The van der Waals surface area contributed by atoms with Crippen LogP contribution in [-0.4, -0.2) is 15.9 Å². The molecule has 5 heteroatoms. The van der Waals surface area contributed by atoms with Crippen molar-refractivity contribution in [3.05, 3.63) is 58.1 Å². The highest BCUT2D eigenvalue weighted by Gasteiger charge is 2.09. The summed E-state index contributed by atoms with van der Waals surface area (Å²) in [4.78, 5) is 20.5. The zero-order valence-corrected chi connectivity index (χ0v) is 12.9. The minimum Gasteiger partial charge on any atom is -0.348 e. The van der Waals surface area contributed by atoms with E-state index in [1.807, 2.05) is 13.0 Å². The van der Waals surface area contributed by atoms with Crippen LogP contribution in [0.3, 0.4) is 0 Å². The first-order chi connectivity index (χ1) is 10.1. The summed E-state index contributed by atoms with van der Waals surface area (Å²) in [6.07, 6.45) is 5.27. The standard InChI is InChI=1S/C16H18ClN3O/c1-3-4-14-7-13(8-15(17)20-14)16(21)19-10-12-5-6-18-9-11(12)2/h5-9H,3-4,10H2,1-2H3,(H,19,21). The van der Waals surface area contributed by atoms with Crippen molar-refractivity contribution in [2.45, 2.75) is 33.2 Å². The van der Waals surface area contributed by atoms with Crippen LogP contribution in [0.2, 0.25) is 5.15 Å². The molecular weight excluding hydrogens is 286 g/mol. The van der Waals surface area contributed by atoms with Crippen LogP contribution in [0.5, 0.6) is 0 Å². The lowest BCUT2D eigenvalue weighted by Crippen LogP contribution is -2.23. The summed E-state index contributed by atoms with van der Waals surface area (Å²) in [6, 6.07) is 5.29. The highest BCUT2D eigenvalue weighted by Crippen LogP contribution is 2.13. The molecule has 0 aliphatic carbocycles. The van der Waals surface area contributed by atoms with Gasteiger partial charge in [-0.15, -0.1) is 0 Å². The molecule has 0 aromatic carbocycles. The quantitative estimate of drug-likeness (QED) is 0.862. The molecule has 0 unspecified atom stereocenters. The van der Waals surface area contributed by atoms with Crippen LogP contribution in [0.25, 0.3) is 0 Å². The Hall–Kier alpha value is -1.94. The van der Waals surface area contributed by atoms with Gasteiger partial charge >= 0.3 is 0 Å². The largest absolute Gasteiger partial charge is 0.348 e. The fourth-order valence-electron chi connectivity index (χ4n) is 2.04. The maximum Gasteiger partial charge on any atom is 0.251 e. The average molecular weight is 304 g/mol. The van der Waals surface area contributed by atoms with Crippen molar-refractivity contribution in [2.24, 2.45) is 0 Å². The number of amides is 1. The highest BCUT2D eigenvalue weighted by molar-refractivity contribution is 6.29. The maximum atomic E-state index is 12.2.